The summed E-state index contributed by atoms with van der Waals surface area (Å²) >= 11 is 2.97. The lowest BCUT2D eigenvalue weighted by Crippen LogP contribution is -2.27. The van der Waals surface area contributed by atoms with Crippen molar-refractivity contribution >= 4 is 51.6 Å². The minimum atomic E-state index is -4.46. The Morgan fingerprint density at radius 1 is 1.03 bits per heavy atom. The van der Waals surface area contributed by atoms with Crippen LogP contribution in [0.5, 0.6) is 0 Å². The van der Waals surface area contributed by atoms with Gasteiger partial charge in [-0.05, 0) is 76.3 Å². The van der Waals surface area contributed by atoms with Crippen LogP contribution in [0.4, 0.5) is 18.0 Å². The Morgan fingerprint density at radius 3 is 2.48 bits per heavy atom. The van der Waals surface area contributed by atoms with Gasteiger partial charge in [-0.2, -0.15) is 13.2 Å². The number of halogens is 4. The Morgan fingerprint density at radius 2 is 1.77 bits per heavy atom. The number of benzene rings is 2. The summed E-state index contributed by atoms with van der Waals surface area (Å²) in [4.78, 5) is 26.3. The van der Waals surface area contributed by atoms with Gasteiger partial charge in [0, 0.05) is 15.2 Å². The van der Waals surface area contributed by atoms with Crippen LogP contribution in [-0.2, 0) is 17.5 Å². The van der Waals surface area contributed by atoms with Crippen molar-refractivity contribution in [2.24, 2.45) is 0 Å². The summed E-state index contributed by atoms with van der Waals surface area (Å²) in [5.41, 5.74) is 0.315. The molecule has 3 aromatic rings. The number of rotatable bonds is 4. The Hall–Kier alpha value is -2.53. The molecule has 9 heteroatoms. The van der Waals surface area contributed by atoms with E-state index in [0.29, 0.717) is 0 Å². The van der Waals surface area contributed by atoms with E-state index in [2.05, 4.69) is 22.6 Å². The van der Waals surface area contributed by atoms with Crippen molar-refractivity contribution in [3.63, 3.8) is 0 Å². The average Bonchev–Trinajstić information content (AvgIpc) is 3.29. The standard InChI is InChI=1S/C22H13F3INO3S/c23-22(24,25)15-3-1-2-14(10-15)18-9-8-17(30-18)11-19-20(28)27(21(29)31-19)12-13-4-6-16(26)7-5-13/h1-11H,12H2/b19-11+. The van der Waals surface area contributed by atoms with Crippen LogP contribution in [0.15, 0.2) is 70.0 Å². The number of nitrogens with zero attached hydrogens (tertiary/aromatic N) is 1. The van der Waals surface area contributed by atoms with Crippen LogP contribution in [0.2, 0.25) is 0 Å². The van der Waals surface area contributed by atoms with Crippen molar-refractivity contribution in [2.75, 3.05) is 0 Å². The highest BCUT2D eigenvalue weighted by Gasteiger charge is 2.35. The SMILES string of the molecule is O=C1S/C(=C/c2ccc(-c3cccc(C(F)(F)F)c3)o2)C(=O)N1Cc1ccc(I)cc1. The van der Waals surface area contributed by atoms with Gasteiger partial charge in [0.05, 0.1) is 17.0 Å². The molecule has 2 amide bonds. The second-order valence-corrected chi connectivity index (χ2v) is 8.91. The molecule has 31 heavy (non-hydrogen) atoms. The van der Waals surface area contributed by atoms with Gasteiger partial charge in [-0.15, -0.1) is 0 Å². The highest BCUT2D eigenvalue weighted by Crippen LogP contribution is 2.35. The first kappa shape index (κ1) is 21.7. The third-order valence-corrected chi connectivity index (χ3v) is 6.13. The van der Waals surface area contributed by atoms with Crippen molar-refractivity contribution in [1.82, 2.24) is 4.90 Å². The molecule has 4 rings (SSSR count). The van der Waals surface area contributed by atoms with E-state index in [0.717, 1.165) is 37.9 Å². The molecular weight excluding hydrogens is 542 g/mol. The second-order valence-electron chi connectivity index (χ2n) is 6.67. The molecule has 1 saturated heterocycles. The van der Waals surface area contributed by atoms with Crippen LogP contribution < -0.4 is 0 Å². The average molecular weight is 555 g/mol. The normalized spacial score (nSPS) is 15.9. The number of carbonyl (C=O) groups excluding carboxylic acids is 2. The molecule has 0 N–H and O–H groups in total. The minimum absolute atomic E-state index is 0.159. The lowest BCUT2D eigenvalue weighted by Gasteiger charge is -2.12. The first-order valence-electron chi connectivity index (χ1n) is 8.98. The zero-order chi connectivity index (χ0) is 22.2. The van der Waals surface area contributed by atoms with E-state index in [4.69, 9.17) is 4.42 Å². The molecule has 0 radical (unpaired) electrons. The highest BCUT2D eigenvalue weighted by atomic mass is 127. The highest BCUT2D eigenvalue weighted by molar-refractivity contribution is 14.1. The number of imide groups is 1. The maximum absolute atomic E-state index is 12.9. The van der Waals surface area contributed by atoms with Crippen LogP contribution in [0.1, 0.15) is 16.9 Å². The van der Waals surface area contributed by atoms with Crippen molar-refractivity contribution in [3.8, 4) is 11.3 Å². The number of furan rings is 1. The number of carbonyl (C=O) groups is 2. The molecule has 0 bridgehead atoms. The van der Waals surface area contributed by atoms with Crippen LogP contribution >= 0.6 is 34.4 Å². The van der Waals surface area contributed by atoms with Crippen molar-refractivity contribution in [1.29, 1.82) is 0 Å². The maximum Gasteiger partial charge on any atom is 0.416 e. The molecule has 2 heterocycles. The molecule has 1 aliphatic heterocycles. The Kier molecular flexibility index (Phi) is 5.98. The van der Waals surface area contributed by atoms with E-state index in [-0.39, 0.29) is 33.8 Å². The van der Waals surface area contributed by atoms with Gasteiger partial charge in [0.25, 0.3) is 11.1 Å². The fourth-order valence-electron chi connectivity index (χ4n) is 2.97. The summed E-state index contributed by atoms with van der Waals surface area (Å²) in [5, 5.41) is -0.389. The van der Waals surface area contributed by atoms with Crippen molar-refractivity contribution in [3.05, 3.63) is 86.0 Å². The number of hydrogen-bond donors (Lipinski definition) is 0. The summed E-state index contributed by atoms with van der Waals surface area (Å²) in [6, 6.07) is 15.3. The molecule has 2 aromatic carbocycles. The molecule has 0 spiro atoms. The molecule has 0 unspecified atom stereocenters. The molecule has 1 fully saturated rings. The van der Waals surface area contributed by atoms with Crippen LogP contribution in [0, 0.1) is 3.57 Å². The predicted molar refractivity (Wildman–Crippen MR) is 120 cm³/mol. The molecule has 1 aromatic heterocycles. The minimum Gasteiger partial charge on any atom is -0.457 e. The van der Waals surface area contributed by atoms with Gasteiger partial charge in [-0.25, -0.2) is 0 Å². The lowest BCUT2D eigenvalue weighted by atomic mass is 10.1. The van der Waals surface area contributed by atoms with E-state index < -0.39 is 17.6 Å². The molecular formula is C22H13F3INO3S. The van der Waals surface area contributed by atoms with Gasteiger partial charge in [-0.3, -0.25) is 14.5 Å². The zero-order valence-corrected chi connectivity index (χ0v) is 18.6. The molecule has 4 nitrogen and oxygen atoms in total. The van der Waals surface area contributed by atoms with Gasteiger partial charge in [0.15, 0.2) is 0 Å². The molecule has 0 atom stereocenters. The summed E-state index contributed by atoms with van der Waals surface area (Å²) in [6.07, 6.45) is -3.03. The molecule has 1 aliphatic rings. The van der Waals surface area contributed by atoms with Gasteiger partial charge in [0.2, 0.25) is 0 Å². The number of thioether (sulfide) groups is 1. The van der Waals surface area contributed by atoms with Crippen LogP contribution in [0.25, 0.3) is 17.4 Å². The summed E-state index contributed by atoms with van der Waals surface area (Å²) < 4.78 is 45.5. The third kappa shape index (κ3) is 4.87. The molecule has 0 aliphatic carbocycles. The quantitative estimate of drug-likeness (QED) is 0.262. The van der Waals surface area contributed by atoms with E-state index in [1.165, 1.54) is 24.3 Å². The second kappa shape index (κ2) is 8.54. The van der Waals surface area contributed by atoms with E-state index in [1.807, 2.05) is 24.3 Å². The molecule has 158 valence electrons. The van der Waals surface area contributed by atoms with Crippen LogP contribution in [0.3, 0.4) is 0 Å². The van der Waals surface area contributed by atoms with Gasteiger partial charge in [-0.1, -0.05) is 24.3 Å². The summed E-state index contributed by atoms with van der Waals surface area (Å²) in [7, 11) is 0. The van der Waals surface area contributed by atoms with Gasteiger partial charge in [0.1, 0.15) is 11.5 Å². The van der Waals surface area contributed by atoms with Crippen molar-refractivity contribution in [2.45, 2.75) is 12.7 Å². The fraction of sp³-hybridized carbons (Fsp3) is 0.0909. The Bertz CT molecular complexity index is 1190. The van der Waals surface area contributed by atoms with E-state index in [1.54, 1.807) is 6.07 Å². The first-order valence-corrected chi connectivity index (χ1v) is 10.9. The van der Waals surface area contributed by atoms with Gasteiger partial charge < -0.3 is 4.42 Å². The zero-order valence-electron chi connectivity index (χ0n) is 15.7. The number of amides is 2. The monoisotopic (exact) mass is 555 g/mol. The Labute approximate surface area is 193 Å². The Balaban J connectivity index is 1.53. The van der Waals surface area contributed by atoms with E-state index >= 15 is 0 Å². The van der Waals surface area contributed by atoms with Crippen LogP contribution in [-0.4, -0.2) is 16.0 Å². The molecule has 0 saturated carbocycles. The van der Waals surface area contributed by atoms with Crippen molar-refractivity contribution < 1.29 is 27.2 Å². The number of hydrogen-bond acceptors (Lipinski definition) is 4. The topological polar surface area (TPSA) is 50.5 Å². The summed E-state index contributed by atoms with van der Waals surface area (Å²) in [6.45, 7) is 0.159. The first-order chi connectivity index (χ1) is 14.7. The van der Waals surface area contributed by atoms with E-state index in [9.17, 15) is 22.8 Å². The largest absolute Gasteiger partial charge is 0.457 e. The van der Waals surface area contributed by atoms with Gasteiger partial charge >= 0.3 is 6.18 Å². The third-order valence-electron chi connectivity index (χ3n) is 4.50. The number of alkyl halides is 3. The smallest absolute Gasteiger partial charge is 0.416 e. The maximum atomic E-state index is 12.9. The predicted octanol–water partition coefficient (Wildman–Crippen LogP) is 6.81. The summed E-state index contributed by atoms with van der Waals surface area (Å²) in [5.74, 6) is 0.0632. The lowest BCUT2D eigenvalue weighted by molar-refractivity contribution is -0.137. The fourth-order valence-corrected chi connectivity index (χ4v) is 4.15.